The number of nitrogens with one attached hydrogen (secondary N) is 1. The standard InChI is InChI=1S/C20H22N2O7/c1-2-28-19(24)20(12-17(20)18(23)21-25)11-13-6-8-15(9-7-13)29-16-5-3-4-14(10-16)22(26)27/h3-10,17,25-27H,2,11-12H2,1H3,(H,21,23)/t17-,20+/m1/s1. The van der Waals surface area contributed by atoms with Crippen LogP contribution in [0.25, 0.3) is 0 Å². The molecule has 9 heteroatoms. The molecule has 9 nitrogen and oxygen atoms in total. The highest BCUT2D eigenvalue weighted by atomic mass is 16.8. The van der Waals surface area contributed by atoms with E-state index < -0.39 is 23.2 Å². The zero-order valence-corrected chi connectivity index (χ0v) is 15.7. The Hall–Kier alpha value is -3.14. The lowest BCUT2D eigenvalue weighted by atomic mass is 9.93. The number of ether oxygens (including phenoxy) is 2. The first-order valence-corrected chi connectivity index (χ1v) is 9.05. The third-order valence-electron chi connectivity index (χ3n) is 4.91. The summed E-state index contributed by atoms with van der Waals surface area (Å²) < 4.78 is 10.8. The molecular weight excluding hydrogens is 380 g/mol. The highest BCUT2D eigenvalue weighted by Crippen LogP contribution is 2.56. The maximum absolute atomic E-state index is 12.4. The normalized spacial score (nSPS) is 19.9. The van der Waals surface area contributed by atoms with Crippen LogP contribution >= 0.6 is 0 Å². The van der Waals surface area contributed by atoms with Gasteiger partial charge in [-0.2, -0.15) is 0 Å². The summed E-state index contributed by atoms with van der Waals surface area (Å²) in [6, 6.07) is 13.2. The summed E-state index contributed by atoms with van der Waals surface area (Å²) in [6.45, 7) is 1.90. The van der Waals surface area contributed by atoms with Crippen molar-refractivity contribution < 1.29 is 34.7 Å². The Balaban J connectivity index is 1.71. The van der Waals surface area contributed by atoms with Crippen molar-refractivity contribution in [1.82, 2.24) is 5.48 Å². The Morgan fingerprint density at radius 3 is 2.52 bits per heavy atom. The van der Waals surface area contributed by atoms with Crippen LogP contribution in [0.2, 0.25) is 0 Å². The molecule has 0 heterocycles. The molecule has 0 aromatic heterocycles. The van der Waals surface area contributed by atoms with Crippen molar-refractivity contribution >= 4 is 17.6 Å². The van der Waals surface area contributed by atoms with Crippen molar-refractivity contribution in [1.29, 1.82) is 0 Å². The summed E-state index contributed by atoms with van der Waals surface area (Å²) >= 11 is 0. The molecule has 2 aromatic carbocycles. The number of hydrogen-bond acceptors (Lipinski definition) is 8. The molecule has 0 spiro atoms. The lowest BCUT2D eigenvalue weighted by molar-refractivity contribution is -0.152. The quantitative estimate of drug-likeness (QED) is 0.301. The second-order valence-corrected chi connectivity index (χ2v) is 6.82. The van der Waals surface area contributed by atoms with E-state index in [0.29, 0.717) is 24.3 Å². The number of anilines is 1. The van der Waals surface area contributed by atoms with Gasteiger partial charge in [-0.25, -0.2) is 5.48 Å². The zero-order valence-electron chi connectivity index (χ0n) is 15.7. The van der Waals surface area contributed by atoms with Gasteiger partial charge in [-0.3, -0.25) is 25.2 Å². The summed E-state index contributed by atoms with van der Waals surface area (Å²) in [5.74, 6) is -0.764. The van der Waals surface area contributed by atoms with Crippen LogP contribution < -0.4 is 15.4 Å². The van der Waals surface area contributed by atoms with Gasteiger partial charge in [0.15, 0.2) is 0 Å². The fraction of sp³-hybridized carbons (Fsp3) is 0.300. The molecule has 0 radical (unpaired) electrons. The number of hydroxylamine groups is 1. The number of carbonyl (C=O) groups is 2. The monoisotopic (exact) mass is 402 g/mol. The maximum atomic E-state index is 12.4. The van der Waals surface area contributed by atoms with Crippen molar-refractivity contribution in [2.45, 2.75) is 19.8 Å². The molecule has 1 fully saturated rings. The second-order valence-electron chi connectivity index (χ2n) is 6.82. The number of rotatable bonds is 8. The van der Waals surface area contributed by atoms with E-state index in [2.05, 4.69) is 0 Å². The average molecular weight is 402 g/mol. The zero-order chi connectivity index (χ0) is 21.0. The Kier molecular flexibility index (Phi) is 6.02. The van der Waals surface area contributed by atoms with Crippen molar-refractivity contribution in [3.63, 3.8) is 0 Å². The van der Waals surface area contributed by atoms with Crippen LogP contribution in [-0.2, 0) is 20.7 Å². The molecule has 2 aromatic rings. The lowest BCUT2D eigenvalue weighted by Gasteiger charge is -2.16. The molecule has 1 aliphatic rings. The van der Waals surface area contributed by atoms with Crippen molar-refractivity contribution in [3.8, 4) is 11.5 Å². The molecule has 4 N–H and O–H groups in total. The first-order valence-electron chi connectivity index (χ1n) is 9.05. The molecule has 2 atom stereocenters. The fourth-order valence-corrected chi connectivity index (χ4v) is 3.34. The topological polar surface area (TPSA) is 129 Å². The summed E-state index contributed by atoms with van der Waals surface area (Å²) in [5.41, 5.74) is 1.59. The minimum atomic E-state index is -0.981. The third kappa shape index (κ3) is 4.48. The van der Waals surface area contributed by atoms with E-state index in [1.807, 2.05) is 0 Å². The van der Waals surface area contributed by atoms with Crippen LogP contribution in [0.15, 0.2) is 48.5 Å². The SMILES string of the molecule is CCOC(=O)[C@@]1(Cc2ccc(Oc3cccc(N(O)O)c3)cc2)C[C@@H]1C(=O)NO. The molecule has 0 aliphatic heterocycles. The van der Waals surface area contributed by atoms with Gasteiger partial charge in [0.25, 0.3) is 0 Å². The average Bonchev–Trinajstić information content (AvgIpc) is 3.45. The predicted octanol–water partition coefficient (Wildman–Crippen LogP) is 2.68. The third-order valence-corrected chi connectivity index (χ3v) is 4.91. The molecule has 29 heavy (non-hydrogen) atoms. The van der Waals surface area contributed by atoms with Gasteiger partial charge in [-0.05, 0) is 49.6 Å². The number of hydrogen-bond donors (Lipinski definition) is 4. The number of esters is 1. The number of nitrogens with zero attached hydrogens (tertiary/aromatic N) is 1. The van der Waals surface area contributed by atoms with Crippen molar-refractivity contribution in [2.24, 2.45) is 11.3 Å². The highest BCUT2D eigenvalue weighted by Gasteiger charge is 2.64. The van der Waals surface area contributed by atoms with Crippen LogP contribution in [0, 0.1) is 11.3 Å². The van der Waals surface area contributed by atoms with Gasteiger partial charge in [-0.1, -0.05) is 18.2 Å². The predicted molar refractivity (Wildman–Crippen MR) is 99.8 cm³/mol. The minimum absolute atomic E-state index is 0.000621. The molecule has 0 bridgehead atoms. The van der Waals surface area contributed by atoms with Crippen LogP contribution in [0.4, 0.5) is 5.69 Å². The van der Waals surface area contributed by atoms with E-state index in [1.165, 1.54) is 12.1 Å². The Morgan fingerprint density at radius 2 is 1.90 bits per heavy atom. The van der Waals surface area contributed by atoms with Gasteiger partial charge in [0, 0.05) is 6.07 Å². The highest BCUT2D eigenvalue weighted by molar-refractivity contribution is 5.93. The smallest absolute Gasteiger partial charge is 0.313 e. The van der Waals surface area contributed by atoms with E-state index in [1.54, 1.807) is 48.8 Å². The van der Waals surface area contributed by atoms with Gasteiger partial charge >= 0.3 is 5.97 Å². The van der Waals surface area contributed by atoms with Crippen molar-refractivity contribution in [3.05, 3.63) is 54.1 Å². The van der Waals surface area contributed by atoms with Gasteiger partial charge in [0.1, 0.15) is 11.5 Å². The molecule has 0 saturated heterocycles. The summed E-state index contributed by atoms with van der Waals surface area (Å²) in [4.78, 5) is 24.2. The van der Waals surface area contributed by atoms with Gasteiger partial charge < -0.3 is 9.47 Å². The molecule has 1 aliphatic carbocycles. The van der Waals surface area contributed by atoms with Crippen molar-refractivity contribution in [2.75, 3.05) is 11.8 Å². The maximum Gasteiger partial charge on any atom is 0.313 e. The van der Waals surface area contributed by atoms with Crippen LogP contribution in [0.5, 0.6) is 11.5 Å². The molecular formula is C20H22N2O7. The second kappa shape index (κ2) is 8.48. The first-order chi connectivity index (χ1) is 13.9. The first kappa shape index (κ1) is 20.6. The molecule has 154 valence electrons. The summed E-state index contributed by atoms with van der Waals surface area (Å²) in [7, 11) is 0. The largest absolute Gasteiger partial charge is 0.466 e. The molecule has 1 amide bonds. The number of benzene rings is 2. The Bertz CT molecular complexity index is 885. The van der Waals surface area contributed by atoms with E-state index in [9.17, 15) is 9.59 Å². The van der Waals surface area contributed by atoms with Crippen LogP contribution in [0.1, 0.15) is 18.9 Å². The summed E-state index contributed by atoms with van der Waals surface area (Å²) in [5, 5.41) is 27.0. The van der Waals surface area contributed by atoms with Crippen LogP contribution in [0.3, 0.4) is 0 Å². The Morgan fingerprint density at radius 1 is 1.17 bits per heavy atom. The van der Waals surface area contributed by atoms with Gasteiger partial charge in [0.2, 0.25) is 5.91 Å². The lowest BCUT2D eigenvalue weighted by Crippen LogP contribution is -2.30. The van der Waals surface area contributed by atoms with Gasteiger partial charge in [0.05, 0.1) is 23.6 Å². The van der Waals surface area contributed by atoms with E-state index in [0.717, 1.165) is 5.56 Å². The van der Waals surface area contributed by atoms with E-state index >= 15 is 0 Å². The summed E-state index contributed by atoms with van der Waals surface area (Å²) in [6.07, 6.45) is 0.603. The fourth-order valence-electron chi connectivity index (χ4n) is 3.34. The molecule has 1 saturated carbocycles. The van der Waals surface area contributed by atoms with E-state index in [4.69, 9.17) is 25.1 Å². The minimum Gasteiger partial charge on any atom is -0.466 e. The Labute approximate surface area is 167 Å². The van der Waals surface area contributed by atoms with E-state index in [-0.39, 0.29) is 17.5 Å². The van der Waals surface area contributed by atoms with Crippen LogP contribution in [-0.4, -0.2) is 34.1 Å². The molecule has 3 rings (SSSR count). The molecule has 0 unspecified atom stereocenters. The number of amides is 1. The number of carbonyl (C=O) groups excluding carboxylic acids is 2. The van der Waals surface area contributed by atoms with Gasteiger partial charge in [-0.15, -0.1) is 5.23 Å².